The van der Waals surface area contributed by atoms with Crippen LogP contribution in [0.15, 0.2) is 22.7 Å². The summed E-state index contributed by atoms with van der Waals surface area (Å²) in [6.07, 6.45) is 4.91. The van der Waals surface area contributed by atoms with Crippen LogP contribution in [-0.2, 0) is 4.74 Å². The van der Waals surface area contributed by atoms with Crippen molar-refractivity contribution in [3.05, 3.63) is 34.1 Å². The number of carbonyl (C=O) groups is 1. The molecule has 0 saturated heterocycles. The van der Waals surface area contributed by atoms with Gasteiger partial charge < -0.3 is 4.74 Å². The Morgan fingerprint density at radius 2 is 2.05 bits per heavy atom. The molecule has 0 bridgehead atoms. The van der Waals surface area contributed by atoms with Crippen molar-refractivity contribution in [1.82, 2.24) is 0 Å². The molecule has 1 aromatic carbocycles. The molecule has 1 unspecified atom stereocenters. The molecule has 1 aliphatic carbocycles. The molecule has 4 heteroatoms. The van der Waals surface area contributed by atoms with Gasteiger partial charge in [0.1, 0.15) is 11.9 Å². The predicted octanol–water partition coefficient (Wildman–Crippen LogP) is 4.37. The molecule has 0 amide bonds. The maximum absolute atomic E-state index is 13.8. The van der Waals surface area contributed by atoms with Crippen molar-refractivity contribution in [2.75, 3.05) is 7.11 Å². The van der Waals surface area contributed by atoms with Crippen molar-refractivity contribution < 1.29 is 13.9 Å². The largest absolute Gasteiger partial charge is 0.373 e. The topological polar surface area (TPSA) is 26.3 Å². The van der Waals surface area contributed by atoms with E-state index in [1.165, 1.54) is 25.7 Å². The Hall–Kier alpha value is -0.740. The third-order valence-corrected chi connectivity index (χ3v) is 4.28. The Morgan fingerprint density at radius 3 is 2.68 bits per heavy atom. The molecule has 2 nitrogen and oxygen atoms in total. The first-order valence-electron chi connectivity index (χ1n) is 6.65. The minimum atomic E-state index is -0.524. The van der Waals surface area contributed by atoms with Gasteiger partial charge in [-0.05, 0) is 37.0 Å². The van der Waals surface area contributed by atoms with E-state index in [2.05, 4.69) is 15.9 Å². The van der Waals surface area contributed by atoms with E-state index in [1.807, 2.05) is 0 Å². The van der Waals surface area contributed by atoms with Gasteiger partial charge in [0, 0.05) is 11.6 Å². The number of ketones is 1. The zero-order valence-electron chi connectivity index (χ0n) is 11.0. The lowest BCUT2D eigenvalue weighted by Crippen LogP contribution is -2.33. The van der Waals surface area contributed by atoms with Crippen molar-refractivity contribution in [3.8, 4) is 0 Å². The van der Waals surface area contributed by atoms with Gasteiger partial charge in [-0.1, -0.05) is 35.2 Å². The first-order valence-corrected chi connectivity index (χ1v) is 7.45. The second kappa shape index (κ2) is 6.62. The second-order valence-electron chi connectivity index (χ2n) is 5.04. The van der Waals surface area contributed by atoms with Gasteiger partial charge in [-0.25, -0.2) is 4.39 Å². The molecule has 0 aliphatic heterocycles. The van der Waals surface area contributed by atoms with E-state index in [0.29, 0.717) is 4.47 Å². The number of ether oxygens (including phenoxy) is 1. The van der Waals surface area contributed by atoms with Crippen molar-refractivity contribution >= 4 is 21.7 Å². The summed E-state index contributed by atoms with van der Waals surface area (Å²) >= 11 is 3.27. The number of Topliss-reactive ketones (excluding diaryl/α,β-unsaturated/α-hetero) is 1. The highest BCUT2D eigenvalue weighted by Crippen LogP contribution is 2.30. The monoisotopic (exact) mass is 328 g/mol. The molecule has 0 N–H and O–H groups in total. The molecule has 1 atom stereocenters. The van der Waals surface area contributed by atoms with Gasteiger partial charge >= 0.3 is 0 Å². The standard InChI is InChI=1S/C15H18BrFO2/c1-19-15(10-5-3-2-4-6-10)14(18)12-9-11(16)7-8-13(12)17/h7-10,15H,2-6H2,1H3. The third kappa shape index (κ3) is 3.42. The molecule has 1 fully saturated rings. The highest BCUT2D eigenvalue weighted by molar-refractivity contribution is 9.10. The van der Waals surface area contributed by atoms with Crippen LogP contribution >= 0.6 is 15.9 Å². The summed E-state index contributed by atoms with van der Waals surface area (Å²) in [5, 5.41) is 0. The van der Waals surface area contributed by atoms with Crippen molar-refractivity contribution in [2.45, 2.75) is 38.2 Å². The highest BCUT2D eigenvalue weighted by Gasteiger charge is 2.31. The number of carbonyl (C=O) groups excluding carboxylic acids is 1. The fraction of sp³-hybridized carbons (Fsp3) is 0.533. The smallest absolute Gasteiger partial charge is 0.194 e. The summed E-state index contributed by atoms with van der Waals surface area (Å²) in [6, 6.07) is 4.44. The Morgan fingerprint density at radius 1 is 1.37 bits per heavy atom. The lowest BCUT2D eigenvalue weighted by Gasteiger charge is -2.28. The van der Waals surface area contributed by atoms with Crippen LogP contribution in [0.3, 0.4) is 0 Å². The van der Waals surface area contributed by atoms with Crippen LogP contribution in [0.5, 0.6) is 0 Å². The fourth-order valence-electron chi connectivity index (χ4n) is 2.79. The average molecular weight is 329 g/mol. The molecule has 0 spiro atoms. The summed E-state index contributed by atoms with van der Waals surface area (Å²) in [6.45, 7) is 0. The zero-order chi connectivity index (χ0) is 13.8. The maximum atomic E-state index is 13.8. The number of rotatable bonds is 4. The minimum absolute atomic E-state index is 0.117. The average Bonchev–Trinajstić information content (AvgIpc) is 2.43. The van der Waals surface area contributed by atoms with E-state index in [4.69, 9.17) is 4.74 Å². The van der Waals surface area contributed by atoms with E-state index in [1.54, 1.807) is 6.07 Å². The molecule has 1 aliphatic rings. The molecule has 0 radical (unpaired) electrons. The van der Waals surface area contributed by atoms with Crippen LogP contribution in [-0.4, -0.2) is 19.0 Å². The molecule has 0 heterocycles. The lowest BCUT2D eigenvalue weighted by atomic mass is 9.82. The van der Waals surface area contributed by atoms with Gasteiger partial charge in [-0.2, -0.15) is 0 Å². The summed E-state index contributed by atoms with van der Waals surface area (Å²) in [5.74, 6) is -0.510. The third-order valence-electron chi connectivity index (χ3n) is 3.78. The molecule has 1 saturated carbocycles. The fourth-order valence-corrected chi connectivity index (χ4v) is 3.15. The van der Waals surface area contributed by atoms with Gasteiger partial charge in [0.15, 0.2) is 5.78 Å². The van der Waals surface area contributed by atoms with Crippen LogP contribution in [0, 0.1) is 11.7 Å². The van der Waals surface area contributed by atoms with Crippen molar-refractivity contribution in [1.29, 1.82) is 0 Å². The van der Waals surface area contributed by atoms with Gasteiger partial charge in [0.2, 0.25) is 0 Å². The van der Waals surface area contributed by atoms with Crippen LogP contribution in [0.1, 0.15) is 42.5 Å². The summed E-state index contributed by atoms with van der Waals surface area (Å²) < 4.78 is 19.9. The molecule has 19 heavy (non-hydrogen) atoms. The van der Waals surface area contributed by atoms with Crippen LogP contribution in [0.4, 0.5) is 4.39 Å². The molecule has 104 valence electrons. The first kappa shape index (κ1) is 14.7. The number of hydrogen-bond donors (Lipinski definition) is 0. The van der Waals surface area contributed by atoms with Crippen molar-refractivity contribution in [3.63, 3.8) is 0 Å². The summed E-state index contributed by atoms with van der Waals surface area (Å²) in [7, 11) is 1.53. The van der Waals surface area contributed by atoms with Gasteiger partial charge in [0.25, 0.3) is 0 Å². The van der Waals surface area contributed by atoms with E-state index in [0.717, 1.165) is 25.7 Å². The van der Waals surface area contributed by atoms with Crippen LogP contribution in [0.25, 0.3) is 0 Å². The quantitative estimate of drug-likeness (QED) is 0.767. The maximum Gasteiger partial charge on any atom is 0.194 e. The van der Waals surface area contributed by atoms with Crippen LogP contribution < -0.4 is 0 Å². The Bertz CT molecular complexity index is 455. The number of benzene rings is 1. The molecular formula is C15H18BrFO2. The molecule has 2 rings (SSSR count). The molecule has 1 aromatic rings. The second-order valence-corrected chi connectivity index (χ2v) is 5.96. The first-order chi connectivity index (χ1) is 9.13. The zero-order valence-corrected chi connectivity index (χ0v) is 12.6. The molecule has 0 aromatic heterocycles. The Balaban J connectivity index is 2.22. The Kier molecular flexibility index (Phi) is 5.11. The molecular weight excluding hydrogens is 311 g/mol. The summed E-state index contributed by atoms with van der Waals surface area (Å²) in [5.41, 5.74) is 0.117. The van der Waals surface area contributed by atoms with Crippen molar-refractivity contribution in [2.24, 2.45) is 5.92 Å². The van der Waals surface area contributed by atoms with Gasteiger partial charge in [-0.3, -0.25) is 4.79 Å². The van der Waals surface area contributed by atoms with Gasteiger partial charge in [-0.15, -0.1) is 0 Å². The number of hydrogen-bond acceptors (Lipinski definition) is 2. The SMILES string of the molecule is COC(C(=O)c1cc(Br)ccc1F)C1CCCCC1. The lowest BCUT2D eigenvalue weighted by molar-refractivity contribution is 0.0311. The van der Waals surface area contributed by atoms with E-state index in [-0.39, 0.29) is 17.3 Å². The number of halogens is 2. The predicted molar refractivity (Wildman–Crippen MR) is 75.8 cm³/mol. The minimum Gasteiger partial charge on any atom is -0.373 e. The van der Waals surface area contributed by atoms with E-state index >= 15 is 0 Å². The highest BCUT2D eigenvalue weighted by atomic mass is 79.9. The van der Waals surface area contributed by atoms with Gasteiger partial charge in [0.05, 0.1) is 5.56 Å². The Labute approximate surface area is 121 Å². The summed E-state index contributed by atoms with van der Waals surface area (Å²) in [4.78, 5) is 12.5. The normalized spacial score (nSPS) is 18.3. The number of methoxy groups -OCH3 is 1. The van der Waals surface area contributed by atoms with E-state index in [9.17, 15) is 9.18 Å². The van der Waals surface area contributed by atoms with E-state index < -0.39 is 11.9 Å². The van der Waals surface area contributed by atoms with Crippen LogP contribution in [0.2, 0.25) is 0 Å².